The normalized spacial score (nSPS) is 16.7. The molecule has 1 aromatic rings. The molecule has 0 amide bonds. The average Bonchev–Trinajstić information content (AvgIpc) is 3.05. The van der Waals surface area contributed by atoms with E-state index in [-0.39, 0.29) is 0 Å². The fourth-order valence-electron chi connectivity index (χ4n) is 1.70. The van der Waals surface area contributed by atoms with Crippen LogP contribution < -0.4 is 14.8 Å². The summed E-state index contributed by atoms with van der Waals surface area (Å²) in [5, 5.41) is 3.55. The van der Waals surface area contributed by atoms with E-state index in [1.165, 1.54) is 18.4 Å². The molecule has 94 valence electrons. The summed E-state index contributed by atoms with van der Waals surface area (Å²) >= 11 is 3.56. The Kier molecular flexibility index (Phi) is 3.64. The Bertz CT molecular complexity index is 416. The monoisotopic (exact) mass is 299 g/mol. The van der Waals surface area contributed by atoms with Crippen LogP contribution in [-0.4, -0.2) is 19.8 Å². The SMILES string of the molecule is COc1cc(Br)c(CNC2(C)CC2)cc1OC. The van der Waals surface area contributed by atoms with Crippen molar-refractivity contribution in [2.24, 2.45) is 0 Å². The summed E-state index contributed by atoms with van der Waals surface area (Å²) in [7, 11) is 3.30. The third-order valence-corrected chi connectivity index (χ3v) is 4.00. The van der Waals surface area contributed by atoms with Crippen LogP contribution in [0.5, 0.6) is 11.5 Å². The highest BCUT2D eigenvalue weighted by molar-refractivity contribution is 9.10. The van der Waals surface area contributed by atoms with Gasteiger partial charge in [0.05, 0.1) is 14.2 Å². The summed E-state index contributed by atoms with van der Waals surface area (Å²) in [6.45, 7) is 3.10. The van der Waals surface area contributed by atoms with Gasteiger partial charge in [0.2, 0.25) is 0 Å². The Morgan fingerprint density at radius 1 is 1.24 bits per heavy atom. The van der Waals surface area contributed by atoms with Crippen LogP contribution in [-0.2, 0) is 6.54 Å². The summed E-state index contributed by atoms with van der Waals surface area (Å²) in [6.07, 6.45) is 2.52. The molecule has 2 rings (SSSR count). The second-order valence-electron chi connectivity index (χ2n) is 4.71. The van der Waals surface area contributed by atoms with Gasteiger partial charge in [-0.05, 0) is 37.5 Å². The van der Waals surface area contributed by atoms with E-state index < -0.39 is 0 Å². The van der Waals surface area contributed by atoms with Gasteiger partial charge < -0.3 is 14.8 Å². The number of rotatable bonds is 5. The van der Waals surface area contributed by atoms with Gasteiger partial charge in [0.25, 0.3) is 0 Å². The smallest absolute Gasteiger partial charge is 0.161 e. The first kappa shape index (κ1) is 12.7. The quantitative estimate of drug-likeness (QED) is 0.906. The molecule has 17 heavy (non-hydrogen) atoms. The third kappa shape index (κ3) is 2.93. The van der Waals surface area contributed by atoms with E-state index in [1.807, 2.05) is 12.1 Å². The summed E-state index contributed by atoms with van der Waals surface area (Å²) in [4.78, 5) is 0. The van der Waals surface area contributed by atoms with Gasteiger partial charge in [-0.3, -0.25) is 0 Å². The van der Waals surface area contributed by atoms with Crippen LogP contribution in [0.2, 0.25) is 0 Å². The molecule has 0 aliphatic heterocycles. The number of hydrogen-bond donors (Lipinski definition) is 1. The van der Waals surface area contributed by atoms with E-state index in [2.05, 4.69) is 28.2 Å². The first-order valence-corrected chi connectivity index (χ1v) is 6.53. The predicted molar refractivity (Wildman–Crippen MR) is 71.7 cm³/mol. The van der Waals surface area contributed by atoms with Crippen molar-refractivity contribution in [3.8, 4) is 11.5 Å². The van der Waals surface area contributed by atoms with Gasteiger partial charge in [-0.25, -0.2) is 0 Å². The molecule has 1 aromatic carbocycles. The molecule has 0 aromatic heterocycles. The van der Waals surface area contributed by atoms with Gasteiger partial charge in [0, 0.05) is 16.6 Å². The maximum atomic E-state index is 5.31. The lowest BCUT2D eigenvalue weighted by molar-refractivity contribution is 0.354. The molecular weight excluding hydrogens is 282 g/mol. The highest BCUT2D eigenvalue weighted by atomic mass is 79.9. The molecule has 1 saturated carbocycles. The minimum Gasteiger partial charge on any atom is -0.493 e. The van der Waals surface area contributed by atoms with Crippen LogP contribution in [0.25, 0.3) is 0 Å². The van der Waals surface area contributed by atoms with E-state index in [4.69, 9.17) is 9.47 Å². The second kappa shape index (κ2) is 4.86. The summed E-state index contributed by atoms with van der Waals surface area (Å²) in [5.74, 6) is 1.52. The van der Waals surface area contributed by atoms with Crippen molar-refractivity contribution in [1.82, 2.24) is 5.32 Å². The van der Waals surface area contributed by atoms with Crippen LogP contribution in [0.1, 0.15) is 25.3 Å². The molecule has 1 aliphatic carbocycles. The van der Waals surface area contributed by atoms with Crippen molar-refractivity contribution in [3.05, 3.63) is 22.2 Å². The van der Waals surface area contributed by atoms with E-state index >= 15 is 0 Å². The number of benzene rings is 1. The van der Waals surface area contributed by atoms with Crippen molar-refractivity contribution in [2.75, 3.05) is 14.2 Å². The van der Waals surface area contributed by atoms with E-state index in [9.17, 15) is 0 Å². The molecule has 1 N–H and O–H groups in total. The second-order valence-corrected chi connectivity index (χ2v) is 5.57. The molecule has 1 aliphatic rings. The van der Waals surface area contributed by atoms with Crippen LogP contribution in [0.4, 0.5) is 0 Å². The molecule has 0 saturated heterocycles. The van der Waals surface area contributed by atoms with Crippen LogP contribution in [0.15, 0.2) is 16.6 Å². The number of nitrogens with one attached hydrogen (secondary N) is 1. The lowest BCUT2D eigenvalue weighted by atomic mass is 10.2. The Hall–Kier alpha value is -0.740. The Labute approximate surface area is 111 Å². The molecule has 0 radical (unpaired) electrons. The lowest BCUT2D eigenvalue weighted by Crippen LogP contribution is -2.27. The topological polar surface area (TPSA) is 30.5 Å². The molecule has 0 heterocycles. The highest BCUT2D eigenvalue weighted by Gasteiger charge is 2.36. The molecule has 4 heteroatoms. The summed E-state index contributed by atoms with van der Waals surface area (Å²) < 4.78 is 11.6. The maximum Gasteiger partial charge on any atom is 0.161 e. The van der Waals surface area contributed by atoms with E-state index in [0.717, 1.165) is 22.5 Å². The van der Waals surface area contributed by atoms with E-state index in [0.29, 0.717) is 5.54 Å². The van der Waals surface area contributed by atoms with Crippen LogP contribution in [0.3, 0.4) is 0 Å². The van der Waals surface area contributed by atoms with Gasteiger partial charge in [-0.1, -0.05) is 15.9 Å². The van der Waals surface area contributed by atoms with Gasteiger partial charge in [0.1, 0.15) is 0 Å². The standard InChI is InChI=1S/C13H18BrNO2/c1-13(4-5-13)15-8-9-6-11(16-2)12(17-3)7-10(9)14/h6-7,15H,4-5,8H2,1-3H3. The summed E-state index contributed by atoms with van der Waals surface area (Å²) in [5.41, 5.74) is 1.53. The average molecular weight is 300 g/mol. The molecule has 3 nitrogen and oxygen atoms in total. The van der Waals surface area contributed by atoms with Crippen molar-refractivity contribution in [3.63, 3.8) is 0 Å². The molecule has 0 bridgehead atoms. The first-order valence-electron chi connectivity index (χ1n) is 5.73. The fourth-order valence-corrected chi connectivity index (χ4v) is 2.17. The molecular formula is C13H18BrNO2. The molecule has 1 fully saturated rings. The minimum absolute atomic E-state index is 0.340. The van der Waals surface area contributed by atoms with Gasteiger partial charge in [-0.15, -0.1) is 0 Å². The largest absolute Gasteiger partial charge is 0.493 e. The van der Waals surface area contributed by atoms with Crippen molar-refractivity contribution >= 4 is 15.9 Å². The zero-order chi connectivity index (χ0) is 12.5. The number of hydrogen-bond acceptors (Lipinski definition) is 3. The van der Waals surface area contributed by atoms with Crippen LogP contribution >= 0.6 is 15.9 Å². The minimum atomic E-state index is 0.340. The summed E-state index contributed by atoms with van der Waals surface area (Å²) in [6, 6.07) is 3.97. The van der Waals surface area contributed by atoms with Crippen molar-refractivity contribution < 1.29 is 9.47 Å². The number of methoxy groups -OCH3 is 2. The third-order valence-electron chi connectivity index (χ3n) is 3.26. The Morgan fingerprint density at radius 2 is 1.82 bits per heavy atom. The van der Waals surface area contributed by atoms with E-state index in [1.54, 1.807) is 14.2 Å². The van der Waals surface area contributed by atoms with Gasteiger partial charge in [-0.2, -0.15) is 0 Å². The highest BCUT2D eigenvalue weighted by Crippen LogP contribution is 2.37. The number of halogens is 1. The number of ether oxygens (including phenoxy) is 2. The molecule has 0 unspecified atom stereocenters. The Morgan fingerprint density at radius 3 is 2.35 bits per heavy atom. The van der Waals surface area contributed by atoms with Crippen molar-refractivity contribution in [2.45, 2.75) is 31.8 Å². The Balaban J connectivity index is 2.15. The zero-order valence-electron chi connectivity index (χ0n) is 10.5. The van der Waals surface area contributed by atoms with Gasteiger partial charge in [0.15, 0.2) is 11.5 Å². The maximum absolute atomic E-state index is 5.31. The first-order chi connectivity index (χ1) is 8.08. The van der Waals surface area contributed by atoms with Crippen LogP contribution in [0, 0.1) is 0 Å². The zero-order valence-corrected chi connectivity index (χ0v) is 12.1. The van der Waals surface area contributed by atoms with Crippen molar-refractivity contribution in [1.29, 1.82) is 0 Å². The fraction of sp³-hybridized carbons (Fsp3) is 0.538. The van der Waals surface area contributed by atoms with Gasteiger partial charge >= 0.3 is 0 Å². The lowest BCUT2D eigenvalue weighted by Gasteiger charge is -2.15. The molecule has 0 atom stereocenters. The predicted octanol–water partition coefficient (Wildman–Crippen LogP) is 3.11. The molecule has 0 spiro atoms.